The number of nitrogens with two attached hydrogens (primary N) is 1. The van der Waals surface area contributed by atoms with Crippen LogP contribution in [0, 0.1) is 6.92 Å². The monoisotopic (exact) mass is 268 g/mol. The van der Waals surface area contributed by atoms with Crippen LogP contribution in [0.4, 0.5) is 11.6 Å². The Bertz CT molecular complexity index is 605. The minimum atomic E-state index is 0.524. The van der Waals surface area contributed by atoms with Crippen LogP contribution >= 0.6 is 0 Å². The highest BCUT2D eigenvalue weighted by atomic mass is 15.1. The van der Waals surface area contributed by atoms with E-state index in [-0.39, 0.29) is 0 Å². The number of rotatable bonds is 5. The number of aromatic nitrogens is 2. The Kier molecular flexibility index (Phi) is 3.54. The van der Waals surface area contributed by atoms with Crippen molar-refractivity contribution in [3.8, 4) is 0 Å². The molecule has 3 N–H and O–H groups in total. The summed E-state index contributed by atoms with van der Waals surface area (Å²) < 4.78 is 0. The Morgan fingerprint density at radius 2 is 2.05 bits per heavy atom. The fourth-order valence-corrected chi connectivity index (χ4v) is 2.32. The summed E-state index contributed by atoms with van der Waals surface area (Å²) in [5.74, 6) is 2.81. The van der Waals surface area contributed by atoms with Gasteiger partial charge in [0.15, 0.2) is 0 Å². The van der Waals surface area contributed by atoms with Gasteiger partial charge in [-0.25, -0.2) is 9.97 Å². The van der Waals surface area contributed by atoms with E-state index in [0.29, 0.717) is 11.7 Å². The molecule has 1 aromatic heterocycles. The van der Waals surface area contributed by atoms with Crippen molar-refractivity contribution in [2.45, 2.75) is 32.1 Å². The topological polar surface area (TPSA) is 63.8 Å². The van der Waals surface area contributed by atoms with Gasteiger partial charge < -0.3 is 11.1 Å². The standard InChI is InChI=1S/C16H20N4/c1-11-4-2-3-5-12(11)8-9-18-15-10-14(17)19-16(20-15)13-6-7-13/h2-5,10,13H,6-9H2,1H3,(H3,17,18,19,20). The zero-order valence-corrected chi connectivity index (χ0v) is 11.8. The van der Waals surface area contributed by atoms with Gasteiger partial charge in [-0.2, -0.15) is 0 Å². The van der Waals surface area contributed by atoms with Crippen LogP contribution in [0.1, 0.15) is 35.7 Å². The maximum atomic E-state index is 5.84. The number of aryl methyl sites for hydroxylation is 1. The van der Waals surface area contributed by atoms with Gasteiger partial charge in [-0.05, 0) is 37.3 Å². The number of hydrogen-bond acceptors (Lipinski definition) is 4. The maximum absolute atomic E-state index is 5.84. The Morgan fingerprint density at radius 1 is 1.25 bits per heavy atom. The molecule has 2 aromatic rings. The molecule has 1 fully saturated rings. The summed E-state index contributed by atoms with van der Waals surface area (Å²) in [4.78, 5) is 8.85. The van der Waals surface area contributed by atoms with Crippen molar-refractivity contribution < 1.29 is 0 Å². The number of anilines is 2. The van der Waals surface area contributed by atoms with E-state index in [9.17, 15) is 0 Å². The summed E-state index contributed by atoms with van der Waals surface area (Å²) in [5, 5.41) is 3.35. The van der Waals surface area contributed by atoms with Gasteiger partial charge in [0.25, 0.3) is 0 Å². The lowest BCUT2D eigenvalue weighted by Gasteiger charge is -2.09. The number of nitrogens with one attached hydrogen (secondary N) is 1. The summed E-state index contributed by atoms with van der Waals surface area (Å²) in [6.07, 6.45) is 3.35. The normalized spacial score (nSPS) is 14.2. The second-order valence-electron chi connectivity index (χ2n) is 5.41. The van der Waals surface area contributed by atoms with Gasteiger partial charge in [0.2, 0.25) is 0 Å². The first kappa shape index (κ1) is 12.9. The summed E-state index contributed by atoms with van der Waals surface area (Å²) in [6, 6.07) is 10.3. The molecule has 4 heteroatoms. The number of nitrogen functional groups attached to an aromatic ring is 1. The Balaban J connectivity index is 1.62. The summed E-state index contributed by atoms with van der Waals surface area (Å²) >= 11 is 0. The molecule has 0 atom stereocenters. The van der Waals surface area contributed by atoms with E-state index in [4.69, 9.17) is 5.73 Å². The number of hydrogen-bond donors (Lipinski definition) is 2. The Morgan fingerprint density at radius 3 is 2.80 bits per heavy atom. The van der Waals surface area contributed by atoms with Crippen molar-refractivity contribution in [1.82, 2.24) is 9.97 Å². The SMILES string of the molecule is Cc1ccccc1CCNc1cc(N)nc(C2CC2)n1. The molecule has 1 aliphatic carbocycles. The highest BCUT2D eigenvalue weighted by molar-refractivity contribution is 5.45. The lowest BCUT2D eigenvalue weighted by Crippen LogP contribution is -2.09. The molecule has 104 valence electrons. The number of benzene rings is 1. The van der Waals surface area contributed by atoms with Crippen molar-refractivity contribution >= 4 is 11.6 Å². The predicted molar refractivity (Wildman–Crippen MR) is 81.8 cm³/mol. The van der Waals surface area contributed by atoms with Gasteiger partial charge >= 0.3 is 0 Å². The summed E-state index contributed by atoms with van der Waals surface area (Å²) in [6.45, 7) is 2.99. The smallest absolute Gasteiger partial charge is 0.136 e. The molecule has 0 bridgehead atoms. The lowest BCUT2D eigenvalue weighted by molar-refractivity contribution is 0.918. The van der Waals surface area contributed by atoms with Gasteiger partial charge in [-0.15, -0.1) is 0 Å². The number of nitrogens with zero attached hydrogens (tertiary/aromatic N) is 2. The first-order valence-electron chi connectivity index (χ1n) is 7.15. The second-order valence-corrected chi connectivity index (χ2v) is 5.41. The molecule has 4 nitrogen and oxygen atoms in total. The van der Waals surface area contributed by atoms with Gasteiger partial charge in [-0.1, -0.05) is 24.3 Å². The molecular weight excluding hydrogens is 248 g/mol. The molecule has 0 amide bonds. The molecule has 0 aliphatic heterocycles. The first-order valence-corrected chi connectivity index (χ1v) is 7.15. The molecule has 1 heterocycles. The molecule has 1 aromatic carbocycles. The van der Waals surface area contributed by atoms with E-state index >= 15 is 0 Å². The van der Waals surface area contributed by atoms with E-state index in [2.05, 4.69) is 46.5 Å². The zero-order valence-electron chi connectivity index (χ0n) is 11.8. The Hall–Kier alpha value is -2.10. The average molecular weight is 268 g/mol. The second kappa shape index (κ2) is 5.49. The van der Waals surface area contributed by atoms with E-state index in [1.807, 2.05) is 6.07 Å². The van der Waals surface area contributed by atoms with Crippen LogP contribution in [0.15, 0.2) is 30.3 Å². The van der Waals surface area contributed by atoms with Crippen LogP contribution < -0.4 is 11.1 Å². The van der Waals surface area contributed by atoms with Crippen molar-refractivity contribution in [2.24, 2.45) is 0 Å². The first-order chi connectivity index (χ1) is 9.72. The van der Waals surface area contributed by atoms with Crippen molar-refractivity contribution in [2.75, 3.05) is 17.6 Å². The van der Waals surface area contributed by atoms with Gasteiger partial charge in [0, 0.05) is 18.5 Å². The van der Waals surface area contributed by atoms with Crippen molar-refractivity contribution in [3.05, 3.63) is 47.3 Å². The largest absolute Gasteiger partial charge is 0.384 e. The molecule has 0 radical (unpaired) electrons. The van der Waals surface area contributed by atoms with Gasteiger partial charge in [0.1, 0.15) is 17.5 Å². The highest BCUT2D eigenvalue weighted by Gasteiger charge is 2.27. The predicted octanol–water partition coefficient (Wildman–Crippen LogP) is 2.90. The molecule has 1 saturated carbocycles. The average Bonchev–Trinajstić information content (AvgIpc) is 3.25. The maximum Gasteiger partial charge on any atom is 0.136 e. The van der Waals surface area contributed by atoms with Gasteiger partial charge in [0.05, 0.1) is 0 Å². The quantitative estimate of drug-likeness (QED) is 0.875. The molecule has 0 saturated heterocycles. The molecular formula is C16H20N4. The third-order valence-corrected chi connectivity index (χ3v) is 3.67. The molecule has 0 spiro atoms. The minimum absolute atomic E-state index is 0.524. The van der Waals surface area contributed by atoms with Crippen molar-refractivity contribution in [1.29, 1.82) is 0 Å². The van der Waals surface area contributed by atoms with E-state index in [0.717, 1.165) is 24.6 Å². The summed E-state index contributed by atoms with van der Waals surface area (Å²) in [7, 11) is 0. The minimum Gasteiger partial charge on any atom is -0.384 e. The third-order valence-electron chi connectivity index (χ3n) is 3.67. The van der Waals surface area contributed by atoms with E-state index < -0.39 is 0 Å². The van der Waals surface area contributed by atoms with Crippen LogP contribution in [0.25, 0.3) is 0 Å². The Labute approximate surface area is 119 Å². The fourth-order valence-electron chi connectivity index (χ4n) is 2.32. The van der Waals surface area contributed by atoms with E-state index in [1.165, 1.54) is 24.0 Å². The molecule has 1 aliphatic rings. The van der Waals surface area contributed by atoms with Crippen LogP contribution in [-0.2, 0) is 6.42 Å². The van der Waals surface area contributed by atoms with E-state index in [1.54, 1.807) is 0 Å². The van der Waals surface area contributed by atoms with Crippen LogP contribution in [0.3, 0.4) is 0 Å². The van der Waals surface area contributed by atoms with Crippen LogP contribution in [0.2, 0.25) is 0 Å². The van der Waals surface area contributed by atoms with Crippen LogP contribution in [0.5, 0.6) is 0 Å². The summed E-state index contributed by atoms with van der Waals surface area (Å²) in [5.41, 5.74) is 8.53. The fraction of sp³-hybridized carbons (Fsp3) is 0.375. The molecule has 0 unspecified atom stereocenters. The van der Waals surface area contributed by atoms with Gasteiger partial charge in [-0.3, -0.25) is 0 Å². The third kappa shape index (κ3) is 3.07. The highest BCUT2D eigenvalue weighted by Crippen LogP contribution is 2.38. The van der Waals surface area contributed by atoms with Crippen LogP contribution in [-0.4, -0.2) is 16.5 Å². The molecule has 3 rings (SSSR count). The molecule has 20 heavy (non-hydrogen) atoms. The van der Waals surface area contributed by atoms with Crippen molar-refractivity contribution in [3.63, 3.8) is 0 Å². The lowest BCUT2D eigenvalue weighted by atomic mass is 10.1. The zero-order chi connectivity index (χ0) is 13.9.